The third-order valence-electron chi connectivity index (χ3n) is 4.90. The third-order valence-corrected chi connectivity index (χ3v) is 4.90. The molecular formula is C26H25FN2O6. The van der Waals surface area contributed by atoms with E-state index in [1.807, 2.05) is 0 Å². The van der Waals surface area contributed by atoms with Crippen molar-refractivity contribution in [3.63, 3.8) is 0 Å². The second-order valence-electron chi connectivity index (χ2n) is 7.51. The second kappa shape index (κ2) is 12.2. The maximum absolute atomic E-state index is 13.0. The molecule has 9 heteroatoms. The van der Waals surface area contributed by atoms with Crippen LogP contribution in [0.3, 0.4) is 0 Å². The van der Waals surface area contributed by atoms with E-state index in [2.05, 4.69) is 10.6 Å². The minimum absolute atomic E-state index is 0.220. The summed E-state index contributed by atoms with van der Waals surface area (Å²) in [6.07, 6.45) is 0. The highest BCUT2D eigenvalue weighted by atomic mass is 19.1. The van der Waals surface area contributed by atoms with Gasteiger partial charge in [0.1, 0.15) is 17.3 Å². The summed E-state index contributed by atoms with van der Waals surface area (Å²) in [5.41, 5.74) is 1.52. The molecule has 0 heterocycles. The Morgan fingerprint density at radius 2 is 1.60 bits per heavy atom. The highest BCUT2D eigenvalue weighted by molar-refractivity contribution is 5.92. The number of hydrogen-bond acceptors (Lipinski definition) is 6. The van der Waals surface area contributed by atoms with Crippen LogP contribution in [0.1, 0.15) is 28.9 Å². The molecule has 0 radical (unpaired) electrons. The van der Waals surface area contributed by atoms with Crippen LogP contribution < -0.4 is 20.1 Å². The topological polar surface area (TPSA) is 103 Å². The molecule has 0 aliphatic rings. The highest BCUT2D eigenvalue weighted by Crippen LogP contribution is 2.17. The average Bonchev–Trinajstić information content (AvgIpc) is 2.86. The van der Waals surface area contributed by atoms with E-state index in [1.54, 1.807) is 43.3 Å². The smallest absolute Gasteiger partial charge is 0.338 e. The lowest BCUT2D eigenvalue weighted by molar-refractivity contribution is -0.124. The number of nitrogens with one attached hydrogen (secondary N) is 2. The second-order valence-corrected chi connectivity index (χ2v) is 7.51. The van der Waals surface area contributed by atoms with Crippen molar-refractivity contribution >= 4 is 23.5 Å². The first-order valence-electron chi connectivity index (χ1n) is 10.7. The van der Waals surface area contributed by atoms with Crippen LogP contribution >= 0.6 is 0 Å². The molecule has 0 aliphatic heterocycles. The number of methoxy groups -OCH3 is 1. The number of ether oxygens (including phenoxy) is 3. The van der Waals surface area contributed by atoms with E-state index in [9.17, 15) is 18.8 Å². The first-order valence-corrected chi connectivity index (χ1v) is 10.7. The van der Waals surface area contributed by atoms with Crippen LogP contribution in [0, 0.1) is 5.82 Å². The standard InChI is InChI=1S/C26H25FN2O6/c1-17(18-6-10-20(27)11-7-18)28-24(30)16-35-26(32)19-8-12-22(13-9-19)34-15-25(31)29-21-4-3-5-23(14-21)33-2/h3-14,17H,15-16H2,1-2H3,(H,28,30)(H,29,31). The summed E-state index contributed by atoms with van der Waals surface area (Å²) in [5, 5.41) is 5.38. The van der Waals surface area contributed by atoms with Gasteiger partial charge in [0.15, 0.2) is 13.2 Å². The van der Waals surface area contributed by atoms with Gasteiger partial charge in [-0.3, -0.25) is 9.59 Å². The molecule has 3 aromatic rings. The molecule has 35 heavy (non-hydrogen) atoms. The van der Waals surface area contributed by atoms with Gasteiger partial charge < -0.3 is 24.8 Å². The fraction of sp³-hybridized carbons (Fsp3) is 0.192. The van der Waals surface area contributed by atoms with Gasteiger partial charge in [0.05, 0.1) is 18.7 Å². The molecule has 0 fully saturated rings. The Labute approximate surface area is 202 Å². The zero-order valence-electron chi connectivity index (χ0n) is 19.2. The lowest BCUT2D eigenvalue weighted by Crippen LogP contribution is -2.31. The summed E-state index contributed by atoms with van der Waals surface area (Å²) < 4.78 is 28.6. The first kappa shape index (κ1) is 25.2. The minimum Gasteiger partial charge on any atom is -0.497 e. The summed E-state index contributed by atoms with van der Waals surface area (Å²) in [6.45, 7) is 1.04. The van der Waals surface area contributed by atoms with E-state index in [1.165, 1.54) is 43.5 Å². The van der Waals surface area contributed by atoms with E-state index < -0.39 is 18.5 Å². The molecule has 1 unspecified atom stereocenters. The SMILES string of the molecule is COc1cccc(NC(=O)COc2ccc(C(=O)OCC(=O)NC(C)c3ccc(F)cc3)cc2)c1. The Morgan fingerprint density at radius 3 is 2.29 bits per heavy atom. The van der Waals surface area contributed by atoms with Gasteiger partial charge in [-0.15, -0.1) is 0 Å². The zero-order valence-corrected chi connectivity index (χ0v) is 19.2. The Kier molecular flexibility index (Phi) is 8.77. The van der Waals surface area contributed by atoms with Crippen molar-refractivity contribution in [3.8, 4) is 11.5 Å². The van der Waals surface area contributed by atoms with Gasteiger partial charge >= 0.3 is 5.97 Å². The van der Waals surface area contributed by atoms with Crippen LogP contribution in [0.15, 0.2) is 72.8 Å². The maximum atomic E-state index is 13.0. The molecule has 0 saturated carbocycles. The predicted molar refractivity (Wildman–Crippen MR) is 127 cm³/mol. The van der Waals surface area contributed by atoms with Crippen molar-refractivity contribution in [1.29, 1.82) is 0 Å². The van der Waals surface area contributed by atoms with E-state index in [0.29, 0.717) is 17.2 Å². The number of esters is 1. The fourth-order valence-corrected chi connectivity index (χ4v) is 3.07. The Balaban J connectivity index is 1.42. The number of halogens is 1. The van der Waals surface area contributed by atoms with Crippen LogP contribution in [0.2, 0.25) is 0 Å². The quantitative estimate of drug-likeness (QED) is 0.427. The van der Waals surface area contributed by atoms with Crippen molar-refractivity contribution in [2.45, 2.75) is 13.0 Å². The van der Waals surface area contributed by atoms with Crippen LogP contribution in [-0.4, -0.2) is 38.1 Å². The van der Waals surface area contributed by atoms with E-state index in [4.69, 9.17) is 14.2 Å². The molecule has 182 valence electrons. The number of carbonyl (C=O) groups is 3. The summed E-state index contributed by atoms with van der Waals surface area (Å²) in [7, 11) is 1.54. The van der Waals surface area contributed by atoms with Crippen LogP contribution in [-0.2, 0) is 14.3 Å². The monoisotopic (exact) mass is 480 g/mol. The van der Waals surface area contributed by atoms with Gasteiger partial charge in [-0.2, -0.15) is 0 Å². The molecular weight excluding hydrogens is 455 g/mol. The van der Waals surface area contributed by atoms with E-state index in [0.717, 1.165) is 5.56 Å². The third kappa shape index (κ3) is 7.85. The molecule has 0 aromatic heterocycles. The molecule has 3 aromatic carbocycles. The van der Waals surface area contributed by atoms with Gasteiger partial charge in [0.25, 0.3) is 11.8 Å². The van der Waals surface area contributed by atoms with Crippen LogP contribution in [0.25, 0.3) is 0 Å². The molecule has 0 saturated heterocycles. The van der Waals surface area contributed by atoms with Crippen molar-refractivity contribution in [1.82, 2.24) is 5.32 Å². The normalized spacial score (nSPS) is 11.2. The van der Waals surface area contributed by atoms with Crippen molar-refractivity contribution in [2.75, 3.05) is 25.6 Å². The number of rotatable bonds is 10. The van der Waals surface area contributed by atoms with E-state index in [-0.39, 0.29) is 29.9 Å². The predicted octanol–water partition coefficient (Wildman–Crippen LogP) is 3.89. The van der Waals surface area contributed by atoms with Gasteiger partial charge in [0.2, 0.25) is 0 Å². The van der Waals surface area contributed by atoms with Crippen LogP contribution in [0.5, 0.6) is 11.5 Å². The minimum atomic E-state index is -0.683. The largest absolute Gasteiger partial charge is 0.497 e. The molecule has 8 nitrogen and oxygen atoms in total. The molecule has 0 spiro atoms. The molecule has 0 bridgehead atoms. The molecule has 1 atom stereocenters. The number of amides is 2. The number of carbonyl (C=O) groups excluding carboxylic acids is 3. The van der Waals surface area contributed by atoms with Gasteiger partial charge in [-0.25, -0.2) is 9.18 Å². The van der Waals surface area contributed by atoms with Gasteiger partial charge in [-0.1, -0.05) is 18.2 Å². The van der Waals surface area contributed by atoms with E-state index >= 15 is 0 Å². The Hall–Kier alpha value is -4.40. The molecule has 2 N–H and O–H groups in total. The lowest BCUT2D eigenvalue weighted by Gasteiger charge is -2.14. The summed E-state index contributed by atoms with van der Waals surface area (Å²) in [6, 6.07) is 18.3. The number of hydrogen-bond donors (Lipinski definition) is 2. The summed E-state index contributed by atoms with van der Waals surface area (Å²) >= 11 is 0. The van der Waals surface area contributed by atoms with Gasteiger partial charge in [-0.05, 0) is 61.0 Å². The maximum Gasteiger partial charge on any atom is 0.338 e. The number of benzene rings is 3. The first-order chi connectivity index (χ1) is 16.8. The summed E-state index contributed by atoms with van der Waals surface area (Å²) in [4.78, 5) is 36.4. The fourth-order valence-electron chi connectivity index (χ4n) is 3.07. The molecule has 2 amide bonds. The lowest BCUT2D eigenvalue weighted by atomic mass is 10.1. The van der Waals surface area contributed by atoms with Gasteiger partial charge in [0, 0.05) is 11.8 Å². The molecule has 0 aliphatic carbocycles. The zero-order chi connectivity index (χ0) is 25.2. The average molecular weight is 480 g/mol. The number of anilines is 1. The van der Waals surface area contributed by atoms with Crippen LogP contribution in [0.4, 0.5) is 10.1 Å². The Morgan fingerprint density at radius 1 is 0.886 bits per heavy atom. The van der Waals surface area contributed by atoms with Crippen molar-refractivity contribution < 1.29 is 33.0 Å². The summed E-state index contributed by atoms with van der Waals surface area (Å²) in [5.74, 6) is -0.898. The van der Waals surface area contributed by atoms with Crippen molar-refractivity contribution in [3.05, 3.63) is 89.7 Å². The Bertz CT molecular complexity index is 1170. The highest BCUT2D eigenvalue weighted by Gasteiger charge is 2.14. The molecule has 3 rings (SSSR count). The van der Waals surface area contributed by atoms with Crippen molar-refractivity contribution in [2.24, 2.45) is 0 Å².